The van der Waals surface area contributed by atoms with Crippen LogP contribution in [0, 0.1) is 0 Å². The number of aromatic nitrogens is 1. The molecular weight excluding hydrogens is 278 g/mol. The topological polar surface area (TPSA) is 63.2 Å². The van der Waals surface area contributed by atoms with Crippen molar-refractivity contribution in [2.75, 3.05) is 25.6 Å². The Balaban J connectivity index is 2.81. The van der Waals surface area contributed by atoms with Gasteiger partial charge in [0.15, 0.2) is 0 Å². The van der Waals surface area contributed by atoms with E-state index in [9.17, 15) is 4.79 Å². The van der Waals surface area contributed by atoms with Crippen LogP contribution < -0.4 is 10.6 Å². The third-order valence-corrected chi connectivity index (χ3v) is 3.10. The van der Waals surface area contributed by atoms with Crippen LogP contribution in [0.25, 0.3) is 0 Å². The predicted molar refractivity (Wildman–Crippen MR) is 81.4 cm³/mol. The maximum absolute atomic E-state index is 12.3. The molecule has 1 rings (SSSR count). The average Bonchev–Trinajstić information content (AvgIpc) is 2.41. The molecule has 0 saturated heterocycles. The summed E-state index contributed by atoms with van der Waals surface area (Å²) in [6.07, 6.45) is 3.32. The molecule has 1 aromatic heterocycles. The van der Waals surface area contributed by atoms with Gasteiger partial charge in [-0.1, -0.05) is 24.9 Å². The molecule has 1 amide bonds. The zero-order valence-electron chi connectivity index (χ0n) is 12.2. The second-order valence-corrected chi connectivity index (χ2v) is 4.90. The van der Waals surface area contributed by atoms with Crippen molar-refractivity contribution < 1.29 is 9.53 Å². The maximum atomic E-state index is 12.3. The SMILES string of the molecule is CCCC(COC)NC(=O)c1cc(NCC)ncc1Cl. The summed E-state index contributed by atoms with van der Waals surface area (Å²) in [5.74, 6) is 0.438. The lowest BCUT2D eigenvalue weighted by molar-refractivity contribution is 0.0891. The molecule has 0 aliphatic heterocycles. The van der Waals surface area contributed by atoms with E-state index in [1.165, 1.54) is 6.20 Å². The van der Waals surface area contributed by atoms with E-state index >= 15 is 0 Å². The van der Waals surface area contributed by atoms with E-state index < -0.39 is 0 Å². The number of hydrogen-bond donors (Lipinski definition) is 2. The van der Waals surface area contributed by atoms with Gasteiger partial charge in [0.2, 0.25) is 0 Å². The quantitative estimate of drug-likeness (QED) is 0.775. The monoisotopic (exact) mass is 299 g/mol. The number of methoxy groups -OCH3 is 1. The second-order valence-electron chi connectivity index (χ2n) is 4.49. The summed E-state index contributed by atoms with van der Waals surface area (Å²) in [5, 5.41) is 6.34. The van der Waals surface area contributed by atoms with Crippen molar-refractivity contribution in [3.63, 3.8) is 0 Å². The number of nitrogens with zero attached hydrogens (tertiary/aromatic N) is 1. The van der Waals surface area contributed by atoms with Crippen molar-refractivity contribution in [2.24, 2.45) is 0 Å². The number of carbonyl (C=O) groups is 1. The molecule has 1 atom stereocenters. The second kappa shape index (κ2) is 8.76. The van der Waals surface area contributed by atoms with Crippen molar-refractivity contribution in [1.29, 1.82) is 0 Å². The summed E-state index contributed by atoms with van der Waals surface area (Å²) >= 11 is 6.05. The van der Waals surface area contributed by atoms with Gasteiger partial charge >= 0.3 is 0 Å². The number of nitrogens with one attached hydrogen (secondary N) is 2. The first-order valence-corrected chi connectivity index (χ1v) is 7.19. The van der Waals surface area contributed by atoms with E-state index in [4.69, 9.17) is 16.3 Å². The van der Waals surface area contributed by atoms with Gasteiger partial charge in [-0.15, -0.1) is 0 Å². The number of rotatable bonds is 8. The number of ether oxygens (including phenoxy) is 1. The molecule has 112 valence electrons. The molecule has 0 fully saturated rings. The summed E-state index contributed by atoms with van der Waals surface area (Å²) in [5.41, 5.74) is 0.426. The fourth-order valence-electron chi connectivity index (χ4n) is 1.90. The highest BCUT2D eigenvalue weighted by atomic mass is 35.5. The largest absolute Gasteiger partial charge is 0.383 e. The van der Waals surface area contributed by atoms with Gasteiger partial charge in [0.05, 0.1) is 23.2 Å². The Kier molecular flexibility index (Phi) is 7.33. The summed E-state index contributed by atoms with van der Waals surface area (Å²) in [7, 11) is 1.62. The summed E-state index contributed by atoms with van der Waals surface area (Å²) in [6.45, 7) is 5.25. The van der Waals surface area contributed by atoms with Gasteiger partial charge in [0.25, 0.3) is 5.91 Å². The maximum Gasteiger partial charge on any atom is 0.253 e. The molecule has 0 radical (unpaired) electrons. The van der Waals surface area contributed by atoms with Crippen LogP contribution >= 0.6 is 11.6 Å². The molecule has 0 bridgehead atoms. The van der Waals surface area contributed by atoms with Gasteiger partial charge in [-0.2, -0.15) is 0 Å². The van der Waals surface area contributed by atoms with E-state index in [1.54, 1.807) is 13.2 Å². The molecule has 1 unspecified atom stereocenters. The predicted octanol–water partition coefficient (Wildman–Crippen LogP) is 2.71. The molecular formula is C14H22ClN3O2. The molecule has 0 aliphatic rings. The third kappa shape index (κ3) is 4.98. The minimum atomic E-state index is -0.202. The molecule has 1 aromatic rings. The Morgan fingerprint density at radius 1 is 1.50 bits per heavy atom. The van der Waals surface area contributed by atoms with Crippen LogP contribution in [-0.2, 0) is 4.74 Å². The number of anilines is 1. The van der Waals surface area contributed by atoms with Gasteiger partial charge in [0.1, 0.15) is 5.82 Å². The average molecular weight is 300 g/mol. The summed E-state index contributed by atoms with van der Waals surface area (Å²) in [4.78, 5) is 16.4. The lowest BCUT2D eigenvalue weighted by atomic mass is 10.1. The number of pyridine rings is 1. The number of carbonyl (C=O) groups excluding carboxylic acids is 1. The van der Waals surface area contributed by atoms with Crippen LogP contribution in [0.15, 0.2) is 12.3 Å². The van der Waals surface area contributed by atoms with Crippen molar-refractivity contribution in [3.8, 4) is 0 Å². The molecule has 0 saturated carbocycles. The zero-order valence-corrected chi connectivity index (χ0v) is 13.0. The van der Waals surface area contributed by atoms with Gasteiger partial charge in [-0.05, 0) is 19.4 Å². The van der Waals surface area contributed by atoms with Crippen molar-refractivity contribution in [3.05, 3.63) is 22.8 Å². The van der Waals surface area contributed by atoms with E-state index in [0.29, 0.717) is 23.0 Å². The van der Waals surface area contributed by atoms with Gasteiger partial charge in [0, 0.05) is 19.9 Å². The molecule has 2 N–H and O–H groups in total. The highest BCUT2D eigenvalue weighted by molar-refractivity contribution is 6.33. The van der Waals surface area contributed by atoms with E-state index in [0.717, 1.165) is 19.4 Å². The molecule has 6 heteroatoms. The van der Waals surface area contributed by atoms with Crippen LogP contribution in [0.3, 0.4) is 0 Å². The van der Waals surface area contributed by atoms with Crippen LogP contribution in [0.5, 0.6) is 0 Å². The Labute approximate surface area is 125 Å². The van der Waals surface area contributed by atoms with Gasteiger partial charge in [-0.3, -0.25) is 4.79 Å². The Bertz CT molecular complexity index is 434. The lowest BCUT2D eigenvalue weighted by Crippen LogP contribution is -2.38. The Morgan fingerprint density at radius 2 is 2.25 bits per heavy atom. The molecule has 1 heterocycles. The highest BCUT2D eigenvalue weighted by Crippen LogP contribution is 2.18. The molecule has 20 heavy (non-hydrogen) atoms. The Hall–Kier alpha value is -1.33. The van der Waals surface area contributed by atoms with Crippen LogP contribution in [0.4, 0.5) is 5.82 Å². The fourth-order valence-corrected chi connectivity index (χ4v) is 2.09. The highest BCUT2D eigenvalue weighted by Gasteiger charge is 2.16. The molecule has 0 aromatic carbocycles. The first kappa shape index (κ1) is 16.7. The van der Waals surface area contributed by atoms with Crippen molar-refractivity contribution in [2.45, 2.75) is 32.7 Å². The third-order valence-electron chi connectivity index (χ3n) is 2.80. The molecule has 0 aliphatic carbocycles. The lowest BCUT2D eigenvalue weighted by Gasteiger charge is -2.17. The molecule has 0 spiro atoms. The molecule has 5 nitrogen and oxygen atoms in total. The first-order valence-electron chi connectivity index (χ1n) is 6.81. The van der Waals surface area contributed by atoms with E-state index in [1.807, 2.05) is 6.92 Å². The summed E-state index contributed by atoms with van der Waals surface area (Å²) in [6, 6.07) is 1.65. The van der Waals surface area contributed by atoms with Gasteiger partial charge in [-0.25, -0.2) is 4.98 Å². The first-order chi connectivity index (χ1) is 9.62. The Morgan fingerprint density at radius 3 is 2.85 bits per heavy atom. The van der Waals surface area contributed by atoms with Crippen molar-refractivity contribution >= 4 is 23.3 Å². The van der Waals surface area contributed by atoms with E-state index in [2.05, 4.69) is 22.5 Å². The van der Waals surface area contributed by atoms with Gasteiger partial charge < -0.3 is 15.4 Å². The smallest absolute Gasteiger partial charge is 0.253 e. The van der Waals surface area contributed by atoms with Crippen LogP contribution in [0.2, 0.25) is 5.02 Å². The van der Waals surface area contributed by atoms with E-state index in [-0.39, 0.29) is 11.9 Å². The standard InChI is InChI=1S/C14H22ClN3O2/c1-4-6-10(9-20-3)18-14(19)11-7-13(16-5-2)17-8-12(11)15/h7-8,10H,4-6,9H2,1-3H3,(H,16,17)(H,18,19). The number of halogens is 1. The van der Waals surface area contributed by atoms with Crippen LogP contribution in [-0.4, -0.2) is 37.2 Å². The minimum absolute atomic E-state index is 0.00989. The fraction of sp³-hybridized carbons (Fsp3) is 0.571. The summed E-state index contributed by atoms with van der Waals surface area (Å²) < 4.78 is 5.11. The zero-order chi connectivity index (χ0) is 15.0. The normalized spacial score (nSPS) is 12.0. The number of hydrogen-bond acceptors (Lipinski definition) is 4. The van der Waals surface area contributed by atoms with Crippen LogP contribution in [0.1, 0.15) is 37.0 Å². The van der Waals surface area contributed by atoms with Crippen molar-refractivity contribution in [1.82, 2.24) is 10.3 Å². The number of amides is 1. The minimum Gasteiger partial charge on any atom is -0.383 e.